The molecule has 0 aliphatic heterocycles. The third-order valence-electron chi connectivity index (χ3n) is 4.48. The summed E-state index contributed by atoms with van der Waals surface area (Å²) < 4.78 is 16.5. The summed E-state index contributed by atoms with van der Waals surface area (Å²) >= 11 is 1.23. The van der Waals surface area contributed by atoms with Gasteiger partial charge in [-0.25, -0.2) is 0 Å². The Kier molecular flexibility index (Phi) is 6.83. The van der Waals surface area contributed by atoms with Crippen molar-refractivity contribution in [1.82, 2.24) is 15.0 Å². The summed E-state index contributed by atoms with van der Waals surface area (Å²) in [5, 5.41) is 4.70. The predicted octanol–water partition coefficient (Wildman–Crippen LogP) is 4.36. The molecule has 3 rings (SSSR count). The lowest BCUT2D eigenvalue weighted by Crippen LogP contribution is -2.18. The molecule has 0 saturated carbocycles. The Bertz CT molecular complexity index is 1080. The number of ether oxygens (including phenoxy) is 3. The molecule has 0 aliphatic carbocycles. The third-order valence-corrected chi connectivity index (χ3v) is 5.19. The fourth-order valence-corrected chi connectivity index (χ4v) is 3.39. The van der Waals surface area contributed by atoms with Gasteiger partial charge in [0.25, 0.3) is 11.1 Å². The molecule has 1 amide bonds. The van der Waals surface area contributed by atoms with E-state index in [2.05, 4.69) is 47.1 Å². The van der Waals surface area contributed by atoms with Crippen molar-refractivity contribution in [3.8, 4) is 22.7 Å². The normalized spacial score (nSPS) is 11.1. The molecule has 0 atom stereocenters. The quantitative estimate of drug-likeness (QED) is 0.559. The summed E-state index contributed by atoms with van der Waals surface area (Å²) in [6.07, 6.45) is 0. The number of thiazole rings is 1. The second-order valence-electron chi connectivity index (χ2n) is 8.14. The second-order valence-corrected chi connectivity index (χ2v) is 8.96. The highest BCUT2D eigenvalue weighted by atomic mass is 32.1. The maximum atomic E-state index is 12.8. The average Bonchev–Trinajstić information content (AvgIpc) is 3.21. The number of rotatable bonds is 7. The first-order chi connectivity index (χ1) is 15.1. The van der Waals surface area contributed by atoms with Gasteiger partial charge in [0.2, 0.25) is 17.7 Å². The fourth-order valence-electron chi connectivity index (χ4n) is 2.73. The first kappa shape index (κ1) is 23.3. The van der Waals surface area contributed by atoms with E-state index in [9.17, 15) is 4.79 Å². The third kappa shape index (κ3) is 5.25. The molecule has 2 aromatic heterocycles. The van der Waals surface area contributed by atoms with Gasteiger partial charge < -0.3 is 24.4 Å². The van der Waals surface area contributed by atoms with Crippen molar-refractivity contribution in [3.63, 3.8) is 0 Å². The van der Waals surface area contributed by atoms with Crippen molar-refractivity contribution in [3.05, 3.63) is 40.9 Å². The SMILES string of the molecule is COc1nc(N(C)C)nc(OC)c1NC(=O)c1csc(Oc2cccc(C(C)(C)C)c2)n1. The number of amides is 1. The van der Waals surface area contributed by atoms with Gasteiger partial charge in [-0.2, -0.15) is 15.0 Å². The molecule has 0 unspecified atom stereocenters. The van der Waals surface area contributed by atoms with Crippen LogP contribution in [-0.4, -0.2) is 49.2 Å². The van der Waals surface area contributed by atoms with Gasteiger partial charge in [-0.05, 0) is 23.1 Å². The second kappa shape index (κ2) is 9.39. The Morgan fingerprint density at radius 2 is 1.72 bits per heavy atom. The largest absolute Gasteiger partial charge is 0.479 e. The fraction of sp³-hybridized carbons (Fsp3) is 0.364. The van der Waals surface area contributed by atoms with Crippen LogP contribution in [0.4, 0.5) is 11.6 Å². The molecule has 9 nitrogen and oxygen atoms in total. The molecular weight excluding hydrogens is 430 g/mol. The van der Waals surface area contributed by atoms with E-state index in [-0.39, 0.29) is 28.6 Å². The molecule has 10 heteroatoms. The van der Waals surface area contributed by atoms with Crippen LogP contribution in [0.3, 0.4) is 0 Å². The first-order valence-corrected chi connectivity index (χ1v) is 10.7. The minimum absolute atomic E-state index is 0.00436. The van der Waals surface area contributed by atoms with E-state index in [0.717, 1.165) is 5.56 Å². The minimum atomic E-state index is -0.461. The van der Waals surface area contributed by atoms with Crippen molar-refractivity contribution in [2.45, 2.75) is 26.2 Å². The number of hydrogen-bond acceptors (Lipinski definition) is 9. The van der Waals surface area contributed by atoms with Gasteiger partial charge in [-0.15, -0.1) is 0 Å². The van der Waals surface area contributed by atoms with Crippen molar-refractivity contribution in [1.29, 1.82) is 0 Å². The Morgan fingerprint density at radius 1 is 1.06 bits per heavy atom. The molecule has 2 heterocycles. The lowest BCUT2D eigenvalue weighted by Gasteiger charge is -2.19. The Labute approximate surface area is 191 Å². The van der Waals surface area contributed by atoms with E-state index < -0.39 is 5.91 Å². The van der Waals surface area contributed by atoms with Crippen LogP contribution in [-0.2, 0) is 5.41 Å². The molecule has 32 heavy (non-hydrogen) atoms. The highest BCUT2D eigenvalue weighted by Gasteiger charge is 2.22. The van der Waals surface area contributed by atoms with Gasteiger partial charge in [0.1, 0.15) is 11.4 Å². The minimum Gasteiger partial charge on any atom is -0.479 e. The summed E-state index contributed by atoms with van der Waals surface area (Å²) in [7, 11) is 6.50. The monoisotopic (exact) mass is 457 g/mol. The molecule has 0 fully saturated rings. The molecule has 0 saturated heterocycles. The number of methoxy groups -OCH3 is 2. The van der Waals surface area contributed by atoms with Crippen molar-refractivity contribution in [2.75, 3.05) is 38.5 Å². The van der Waals surface area contributed by atoms with E-state index in [0.29, 0.717) is 16.9 Å². The Balaban J connectivity index is 1.80. The summed E-state index contributed by atoms with van der Waals surface area (Å²) in [6, 6.07) is 7.82. The van der Waals surface area contributed by atoms with Crippen LogP contribution in [0, 0.1) is 0 Å². The van der Waals surface area contributed by atoms with Crippen LogP contribution in [0.1, 0.15) is 36.8 Å². The topological polar surface area (TPSA) is 98.7 Å². The highest BCUT2D eigenvalue weighted by molar-refractivity contribution is 7.11. The molecule has 3 aromatic rings. The van der Waals surface area contributed by atoms with E-state index >= 15 is 0 Å². The van der Waals surface area contributed by atoms with Crippen molar-refractivity contribution in [2.24, 2.45) is 0 Å². The number of hydrogen-bond donors (Lipinski definition) is 1. The van der Waals surface area contributed by atoms with Gasteiger partial charge in [-0.1, -0.05) is 44.2 Å². The van der Waals surface area contributed by atoms with Gasteiger partial charge in [0.05, 0.1) is 14.2 Å². The first-order valence-electron chi connectivity index (χ1n) is 9.85. The lowest BCUT2D eigenvalue weighted by atomic mass is 9.87. The molecule has 170 valence electrons. The van der Waals surface area contributed by atoms with Crippen LogP contribution >= 0.6 is 11.3 Å². The molecule has 0 bridgehead atoms. The molecule has 0 spiro atoms. The number of benzene rings is 1. The Morgan fingerprint density at radius 3 is 2.28 bits per heavy atom. The standard InChI is InChI=1S/C22H27N5O4S/c1-22(2,3)13-9-8-10-14(11-13)31-21-23-15(12-32-21)17(28)24-16-18(29-6)25-20(27(4)5)26-19(16)30-7/h8-12H,1-7H3,(H,24,28). The maximum Gasteiger partial charge on any atom is 0.279 e. The number of aromatic nitrogens is 3. The lowest BCUT2D eigenvalue weighted by molar-refractivity contribution is 0.102. The summed E-state index contributed by atoms with van der Waals surface area (Å²) in [5.41, 5.74) is 1.55. The molecule has 0 aliphatic rings. The number of carbonyl (C=O) groups excluding carboxylic acids is 1. The van der Waals surface area contributed by atoms with Crippen LogP contribution in [0.5, 0.6) is 22.7 Å². The van der Waals surface area contributed by atoms with Gasteiger partial charge in [0.15, 0.2) is 5.69 Å². The van der Waals surface area contributed by atoms with Crippen LogP contribution in [0.15, 0.2) is 29.6 Å². The summed E-state index contributed by atoms with van der Waals surface area (Å²) in [4.78, 5) is 27.4. The molecule has 1 aromatic carbocycles. The van der Waals surface area contributed by atoms with Gasteiger partial charge in [0, 0.05) is 19.5 Å². The van der Waals surface area contributed by atoms with E-state index in [1.54, 1.807) is 24.4 Å². The van der Waals surface area contributed by atoms with Crippen LogP contribution < -0.4 is 24.4 Å². The van der Waals surface area contributed by atoms with Crippen LogP contribution in [0.25, 0.3) is 0 Å². The van der Waals surface area contributed by atoms with Crippen molar-refractivity contribution < 1.29 is 19.0 Å². The average molecular weight is 458 g/mol. The smallest absolute Gasteiger partial charge is 0.279 e. The zero-order chi connectivity index (χ0) is 23.5. The number of nitrogens with zero attached hydrogens (tertiary/aromatic N) is 4. The highest BCUT2D eigenvalue weighted by Crippen LogP contribution is 2.34. The number of carbonyl (C=O) groups is 1. The number of anilines is 2. The molecular formula is C22H27N5O4S. The van der Waals surface area contributed by atoms with Gasteiger partial charge in [-0.3, -0.25) is 4.79 Å². The van der Waals surface area contributed by atoms with Gasteiger partial charge >= 0.3 is 0 Å². The zero-order valence-corrected chi connectivity index (χ0v) is 20.0. The number of nitrogens with one attached hydrogen (secondary N) is 1. The summed E-state index contributed by atoms with van der Waals surface area (Å²) in [6.45, 7) is 6.40. The predicted molar refractivity (Wildman–Crippen MR) is 125 cm³/mol. The molecule has 0 radical (unpaired) electrons. The van der Waals surface area contributed by atoms with Crippen molar-refractivity contribution >= 4 is 28.9 Å². The summed E-state index contributed by atoms with van der Waals surface area (Å²) in [5.74, 6) is 0.949. The van der Waals surface area contributed by atoms with Crippen LogP contribution in [0.2, 0.25) is 0 Å². The Hall–Kier alpha value is -3.40. The zero-order valence-electron chi connectivity index (χ0n) is 19.2. The maximum absolute atomic E-state index is 12.8. The van der Waals surface area contributed by atoms with E-state index in [4.69, 9.17) is 14.2 Å². The molecule has 1 N–H and O–H groups in total. The van der Waals surface area contributed by atoms with E-state index in [1.807, 2.05) is 18.2 Å². The van der Waals surface area contributed by atoms with E-state index in [1.165, 1.54) is 25.6 Å².